The first kappa shape index (κ1) is 7.98. The number of fused-ring (bicyclic) bond motifs is 1. The van der Waals surface area contributed by atoms with Crippen LogP contribution in [0, 0.1) is 5.82 Å². The molecule has 1 aromatic heterocycles. The summed E-state index contributed by atoms with van der Waals surface area (Å²) in [5.41, 5.74) is 1.18. The van der Waals surface area contributed by atoms with Crippen LogP contribution in [0.4, 0.5) is 10.1 Å². The molecule has 66 valence electrons. The van der Waals surface area contributed by atoms with Crippen LogP contribution in [0.25, 0.3) is 10.9 Å². The van der Waals surface area contributed by atoms with Crippen LogP contribution in [-0.4, -0.2) is 12.0 Å². The molecule has 2 rings (SSSR count). The van der Waals surface area contributed by atoms with Gasteiger partial charge in [-0.1, -0.05) is 6.07 Å². The molecule has 2 aromatic rings. The summed E-state index contributed by atoms with van der Waals surface area (Å²) in [6, 6.07) is 6.94. The number of anilines is 1. The van der Waals surface area contributed by atoms with Gasteiger partial charge in [-0.2, -0.15) is 0 Å². The summed E-state index contributed by atoms with van der Waals surface area (Å²) in [5.74, 6) is -0.289. The van der Waals surface area contributed by atoms with Gasteiger partial charge < -0.3 is 5.32 Å². The van der Waals surface area contributed by atoms with E-state index < -0.39 is 0 Å². The standard InChI is InChI=1S/C10H9FN2/c1-12-8-5-7-3-2-4-13-10(7)9(11)6-8/h2-6,12H,1H3. The Balaban J connectivity index is 2.77. The Morgan fingerprint density at radius 1 is 1.38 bits per heavy atom. The van der Waals surface area contributed by atoms with Gasteiger partial charge in [0.05, 0.1) is 0 Å². The highest BCUT2D eigenvalue weighted by molar-refractivity contribution is 5.82. The molecule has 3 heteroatoms. The molecule has 0 atom stereocenters. The minimum atomic E-state index is -0.289. The van der Waals surface area contributed by atoms with Crippen LogP contribution < -0.4 is 5.32 Å². The third-order valence-corrected chi connectivity index (χ3v) is 1.95. The molecular weight excluding hydrogens is 167 g/mol. The van der Waals surface area contributed by atoms with E-state index in [1.807, 2.05) is 12.1 Å². The van der Waals surface area contributed by atoms with Crippen molar-refractivity contribution in [1.29, 1.82) is 0 Å². The molecule has 2 nitrogen and oxygen atoms in total. The number of nitrogens with one attached hydrogen (secondary N) is 1. The first-order chi connectivity index (χ1) is 6.31. The summed E-state index contributed by atoms with van der Waals surface area (Å²) in [4.78, 5) is 3.95. The molecule has 1 N–H and O–H groups in total. The summed E-state index contributed by atoms with van der Waals surface area (Å²) in [7, 11) is 1.76. The zero-order chi connectivity index (χ0) is 9.26. The minimum Gasteiger partial charge on any atom is -0.388 e. The second-order valence-corrected chi connectivity index (χ2v) is 2.78. The van der Waals surface area contributed by atoms with Gasteiger partial charge in [-0.25, -0.2) is 4.39 Å². The maximum Gasteiger partial charge on any atom is 0.151 e. The fraction of sp³-hybridized carbons (Fsp3) is 0.100. The number of benzene rings is 1. The Kier molecular flexibility index (Phi) is 1.85. The van der Waals surface area contributed by atoms with Gasteiger partial charge in [-0.05, 0) is 18.2 Å². The summed E-state index contributed by atoms with van der Waals surface area (Å²) in [5, 5.41) is 3.70. The van der Waals surface area contributed by atoms with Gasteiger partial charge in [-0.3, -0.25) is 4.98 Å². The molecule has 0 aliphatic rings. The molecule has 0 radical (unpaired) electrons. The number of aromatic nitrogens is 1. The van der Waals surface area contributed by atoms with E-state index in [0.29, 0.717) is 5.52 Å². The highest BCUT2D eigenvalue weighted by Crippen LogP contribution is 2.20. The van der Waals surface area contributed by atoms with E-state index in [0.717, 1.165) is 11.1 Å². The fourth-order valence-electron chi connectivity index (χ4n) is 1.29. The predicted octanol–water partition coefficient (Wildman–Crippen LogP) is 2.42. The van der Waals surface area contributed by atoms with Crippen LogP contribution in [0.1, 0.15) is 0 Å². The van der Waals surface area contributed by atoms with E-state index in [1.165, 1.54) is 6.07 Å². The van der Waals surface area contributed by atoms with Crippen LogP contribution in [0.15, 0.2) is 30.5 Å². The molecule has 1 aromatic carbocycles. The lowest BCUT2D eigenvalue weighted by Gasteiger charge is -2.02. The maximum atomic E-state index is 13.3. The maximum absolute atomic E-state index is 13.3. The fourth-order valence-corrected chi connectivity index (χ4v) is 1.29. The number of hydrogen-bond acceptors (Lipinski definition) is 2. The molecule has 13 heavy (non-hydrogen) atoms. The Hall–Kier alpha value is -1.64. The number of rotatable bonds is 1. The molecule has 0 aliphatic heterocycles. The predicted molar refractivity (Wildman–Crippen MR) is 51.2 cm³/mol. The Bertz CT molecular complexity index is 440. The lowest BCUT2D eigenvalue weighted by Crippen LogP contribution is -1.91. The van der Waals surface area contributed by atoms with Gasteiger partial charge >= 0.3 is 0 Å². The third kappa shape index (κ3) is 1.33. The second kappa shape index (κ2) is 3.01. The van der Waals surface area contributed by atoms with Crippen molar-refractivity contribution in [2.24, 2.45) is 0 Å². The molecule has 0 aliphatic carbocycles. The van der Waals surface area contributed by atoms with E-state index in [-0.39, 0.29) is 5.82 Å². The molecule has 0 amide bonds. The highest BCUT2D eigenvalue weighted by atomic mass is 19.1. The van der Waals surface area contributed by atoms with Gasteiger partial charge in [0.15, 0.2) is 5.82 Å². The summed E-state index contributed by atoms with van der Waals surface area (Å²) < 4.78 is 13.3. The summed E-state index contributed by atoms with van der Waals surface area (Å²) in [6.07, 6.45) is 1.59. The normalized spacial score (nSPS) is 10.3. The monoisotopic (exact) mass is 176 g/mol. The van der Waals surface area contributed by atoms with E-state index in [2.05, 4.69) is 10.3 Å². The van der Waals surface area contributed by atoms with E-state index in [1.54, 1.807) is 19.3 Å². The average molecular weight is 176 g/mol. The zero-order valence-corrected chi connectivity index (χ0v) is 7.21. The highest BCUT2D eigenvalue weighted by Gasteiger charge is 2.02. The number of nitrogens with zero attached hydrogens (tertiary/aromatic N) is 1. The van der Waals surface area contributed by atoms with Crippen LogP contribution in [0.5, 0.6) is 0 Å². The minimum absolute atomic E-state index is 0.289. The van der Waals surface area contributed by atoms with Gasteiger partial charge in [-0.15, -0.1) is 0 Å². The van der Waals surface area contributed by atoms with Crippen molar-refractivity contribution in [2.45, 2.75) is 0 Å². The number of hydrogen-bond donors (Lipinski definition) is 1. The van der Waals surface area contributed by atoms with Crippen LogP contribution >= 0.6 is 0 Å². The molecule has 0 saturated carbocycles. The Morgan fingerprint density at radius 3 is 3.00 bits per heavy atom. The topological polar surface area (TPSA) is 24.9 Å². The Labute approximate surface area is 75.4 Å². The van der Waals surface area contributed by atoms with Crippen molar-refractivity contribution < 1.29 is 4.39 Å². The van der Waals surface area contributed by atoms with E-state index in [9.17, 15) is 4.39 Å². The first-order valence-electron chi connectivity index (χ1n) is 4.03. The van der Waals surface area contributed by atoms with Crippen molar-refractivity contribution in [3.8, 4) is 0 Å². The largest absolute Gasteiger partial charge is 0.388 e. The van der Waals surface area contributed by atoms with Crippen molar-refractivity contribution >= 4 is 16.6 Å². The quantitative estimate of drug-likeness (QED) is 0.721. The van der Waals surface area contributed by atoms with Gasteiger partial charge in [0.25, 0.3) is 0 Å². The van der Waals surface area contributed by atoms with Gasteiger partial charge in [0.2, 0.25) is 0 Å². The second-order valence-electron chi connectivity index (χ2n) is 2.78. The van der Waals surface area contributed by atoms with Crippen molar-refractivity contribution in [1.82, 2.24) is 4.98 Å². The first-order valence-corrected chi connectivity index (χ1v) is 4.03. The average Bonchev–Trinajstić information content (AvgIpc) is 2.18. The smallest absolute Gasteiger partial charge is 0.151 e. The molecule has 0 saturated heterocycles. The number of pyridine rings is 1. The van der Waals surface area contributed by atoms with Gasteiger partial charge in [0.1, 0.15) is 5.52 Å². The summed E-state index contributed by atoms with van der Waals surface area (Å²) >= 11 is 0. The van der Waals surface area contributed by atoms with E-state index in [4.69, 9.17) is 0 Å². The van der Waals surface area contributed by atoms with Crippen molar-refractivity contribution in [2.75, 3.05) is 12.4 Å². The lowest BCUT2D eigenvalue weighted by atomic mass is 10.2. The molecule has 0 fully saturated rings. The number of halogens is 1. The SMILES string of the molecule is CNc1cc(F)c2ncccc2c1. The van der Waals surface area contributed by atoms with Crippen LogP contribution in [0.2, 0.25) is 0 Å². The van der Waals surface area contributed by atoms with Crippen molar-refractivity contribution in [3.05, 3.63) is 36.3 Å². The molecular formula is C10H9FN2. The van der Waals surface area contributed by atoms with E-state index >= 15 is 0 Å². The molecule has 0 spiro atoms. The van der Waals surface area contributed by atoms with Gasteiger partial charge in [0, 0.05) is 24.3 Å². The lowest BCUT2D eigenvalue weighted by molar-refractivity contribution is 0.637. The van der Waals surface area contributed by atoms with Crippen LogP contribution in [0.3, 0.4) is 0 Å². The van der Waals surface area contributed by atoms with Crippen molar-refractivity contribution in [3.63, 3.8) is 0 Å². The van der Waals surface area contributed by atoms with Crippen LogP contribution in [-0.2, 0) is 0 Å². The zero-order valence-electron chi connectivity index (χ0n) is 7.21. The molecule has 0 bridgehead atoms. The Morgan fingerprint density at radius 2 is 2.23 bits per heavy atom. The molecule has 0 unspecified atom stereocenters. The third-order valence-electron chi connectivity index (χ3n) is 1.95. The summed E-state index contributed by atoms with van der Waals surface area (Å²) in [6.45, 7) is 0. The molecule has 1 heterocycles.